The van der Waals surface area contributed by atoms with Gasteiger partial charge in [0.05, 0.1) is 28.7 Å². The molecule has 0 aromatic heterocycles. The van der Waals surface area contributed by atoms with Crippen LogP contribution in [0.25, 0.3) is 0 Å². The van der Waals surface area contributed by atoms with Crippen LogP contribution in [0.5, 0.6) is 0 Å². The second-order valence-electron chi connectivity index (χ2n) is 6.58. The van der Waals surface area contributed by atoms with Crippen LogP contribution in [0, 0.1) is 0 Å². The first-order valence-corrected chi connectivity index (χ1v) is 5.74. The number of rotatable bonds is 1. The van der Waals surface area contributed by atoms with E-state index in [1.807, 2.05) is 62.3 Å². The third-order valence-corrected chi connectivity index (χ3v) is 1.24. The Morgan fingerprint density at radius 2 is 0.750 bits per heavy atom. The second kappa shape index (κ2) is 6.80. The first kappa shape index (κ1) is 18.5. The van der Waals surface area contributed by atoms with Crippen molar-refractivity contribution in [2.75, 3.05) is 0 Å². The van der Waals surface area contributed by atoms with E-state index in [4.69, 9.17) is 21.6 Å². The van der Waals surface area contributed by atoms with Crippen LogP contribution in [0.1, 0.15) is 62.3 Å². The lowest BCUT2D eigenvalue weighted by molar-refractivity contribution is -0.393. The zero-order valence-electron chi connectivity index (χ0n) is 12.1. The summed E-state index contributed by atoms with van der Waals surface area (Å²) in [6.45, 7) is 17.4. The fourth-order valence-electron chi connectivity index (χ4n) is 0.250. The summed E-state index contributed by atoms with van der Waals surface area (Å²) in [7, 11) is 0. The van der Waals surface area contributed by atoms with Gasteiger partial charge in [-0.3, -0.25) is 4.29 Å². The molecule has 0 fully saturated rings. The summed E-state index contributed by atoms with van der Waals surface area (Å²) in [6.07, 6.45) is 0. The van der Waals surface area contributed by atoms with Crippen molar-refractivity contribution in [1.82, 2.24) is 0 Å². The molecule has 0 heterocycles. The van der Waals surface area contributed by atoms with Crippen LogP contribution in [0.3, 0.4) is 0 Å². The zero-order chi connectivity index (χ0) is 13.6. The molecule has 0 unspecified atom stereocenters. The van der Waals surface area contributed by atoms with E-state index >= 15 is 0 Å². The second-order valence-corrected chi connectivity index (χ2v) is 6.74. The molecular weight excluding hydrogens is 228 g/mol. The summed E-state index contributed by atoms with van der Waals surface area (Å²) >= 11 is 4.98. The average Bonchev–Trinajstić information content (AvgIpc) is 1.98. The van der Waals surface area contributed by atoms with Crippen LogP contribution in [0.2, 0.25) is 0 Å². The van der Waals surface area contributed by atoms with E-state index in [9.17, 15) is 0 Å². The van der Waals surface area contributed by atoms with E-state index in [0.717, 1.165) is 0 Å². The third kappa shape index (κ3) is 23.8. The van der Waals surface area contributed by atoms with Crippen molar-refractivity contribution in [3.05, 3.63) is 0 Å². The predicted octanol–water partition coefficient (Wildman–Crippen LogP) is 4.49. The molecule has 3 nitrogen and oxygen atoms in total. The van der Waals surface area contributed by atoms with Gasteiger partial charge in [0.1, 0.15) is 0 Å². The molecular formula is C12H27ClO3. The Bertz CT molecular complexity index is 158. The number of halogens is 1. The van der Waals surface area contributed by atoms with Gasteiger partial charge in [0.25, 0.3) is 0 Å². The maximum atomic E-state index is 5.09. The molecule has 0 aromatic carbocycles. The molecule has 0 radical (unpaired) electrons. The molecule has 0 aliphatic heterocycles. The average molecular weight is 255 g/mol. The first-order chi connectivity index (χ1) is 6.77. The molecule has 0 aliphatic carbocycles. The minimum atomic E-state index is -0.215. The van der Waals surface area contributed by atoms with E-state index in [1.165, 1.54) is 0 Å². The Morgan fingerprint density at radius 1 is 0.562 bits per heavy atom. The van der Waals surface area contributed by atoms with Crippen LogP contribution >= 0.6 is 11.9 Å². The van der Waals surface area contributed by atoms with Gasteiger partial charge >= 0.3 is 0 Å². The Balaban J connectivity index is 0. The fraction of sp³-hybridized carbons (Fsp3) is 1.00. The van der Waals surface area contributed by atoms with E-state index in [2.05, 4.69) is 4.29 Å². The van der Waals surface area contributed by atoms with Gasteiger partial charge in [0.15, 0.2) is 0 Å². The highest BCUT2D eigenvalue weighted by Crippen LogP contribution is 2.14. The van der Waals surface area contributed by atoms with Gasteiger partial charge in [-0.05, 0) is 62.3 Å². The maximum Gasteiger partial charge on any atom is 0.0952 e. The zero-order valence-corrected chi connectivity index (χ0v) is 12.9. The van der Waals surface area contributed by atoms with Crippen LogP contribution in [-0.4, -0.2) is 16.8 Å². The summed E-state index contributed by atoms with van der Waals surface area (Å²) in [6, 6.07) is 0. The summed E-state index contributed by atoms with van der Waals surface area (Å²) in [5, 5.41) is 0. The van der Waals surface area contributed by atoms with E-state index in [0.29, 0.717) is 0 Å². The third-order valence-electron chi connectivity index (χ3n) is 0.773. The largest absolute Gasteiger partial charge is 0.273 e. The minimum Gasteiger partial charge on any atom is -0.273 e. The van der Waals surface area contributed by atoms with Crippen LogP contribution < -0.4 is 0 Å². The molecule has 0 amide bonds. The summed E-state index contributed by atoms with van der Waals surface area (Å²) < 4.78 is 4.41. The van der Waals surface area contributed by atoms with Crippen molar-refractivity contribution in [2.45, 2.75) is 79.1 Å². The Hall–Kier alpha value is 0.170. The molecule has 0 aromatic rings. The molecule has 0 atom stereocenters. The van der Waals surface area contributed by atoms with Crippen molar-refractivity contribution in [3.8, 4) is 0 Å². The van der Waals surface area contributed by atoms with E-state index in [-0.39, 0.29) is 16.8 Å². The highest BCUT2D eigenvalue weighted by atomic mass is 35.5. The van der Waals surface area contributed by atoms with Gasteiger partial charge in [-0.25, -0.2) is 9.78 Å². The first-order valence-electron chi connectivity index (χ1n) is 5.43. The standard InChI is InChI=1S/C8H18O2.C4H9ClO/c1-7(2,3)9-10-8(4,5)6;1-4(2,3)6-5/h1-6H3;1-3H3. The van der Waals surface area contributed by atoms with Gasteiger partial charge in [0, 0.05) is 0 Å². The quantitative estimate of drug-likeness (QED) is 0.510. The van der Waals surface area contributed by atoms with Crippen LogP contribution in [0.4, 0.5) is 0 Å². The van der Waals surface area contributed by atoms with Crippen molar-refractivity contribution < 1.29 is 14.1 Å². The van der Waals surface area contributed by atoms with Gasteiger partial charge in [0.2, 0.25) is 0 Å². The van der Waals surface area contributed by atoms with Crippen molar-refractivity contribution in [1.29, 1.82) is 0 Å². The Kier molecular flexibility index (Phi) is 7.87. The smallest absolute Gasteiger partial charge is 0.0952 e. The molecule has 0 aliphatic rings. The molecule has 0 saturated carbocycles. The maximum absolute atomic E-state index is 5.09. The minimum absolute atomic E-state index is 0.193. The predicted molar refractivity (Wildman–Crippen MR) is 68.4 cm³/mol. The molecule has 16 heavy (non-hydrogen) atoms. The summed E-state index contributed by atoms with van der Waals surface area (Å²) in [4.78, 5) is 10.2. The van der Waals surface area contributed by atoms with E-state index in [1.54, 1.807) is 0 Å². The molecule has 0 saturated heterocycles. The van der Waals surface area contributed by atoms with Crippen LogP contribution in [0.15, 0.2) is 0 Å². The van der Waals surface area contributed by atoms with Gasteiger partial charge in [-0.15, -0.1) is 0 Å². The Morgan fingerprint density at radius 3 is 0.812 bits per heavy atom. The molecule has 100 valence electrons. The van der Waals surface area contributed by atoms with E-state index < -0.39 is 0 Å². The van der Waals surface area contributed by atoms with Gasteiger partial charge in [-0.1, -0.05) is 0 Å². The van der Waals surface area contributed by atoms with Gasteiger partial charge < -0.3 is 0 Å². The molecule has 0 spiro atoms. The monoisotopic (exact) mass is 254 g/mol. The summed E-state index contributed by atoms with van der Waals surface area (Å²) in [5.41, 5.74) is -0.623. The molecule has 0 bridgehead atoms. The van der Waals surface area contributed by atoms with Crippen molar-refractivity contribution in [2.24, 2.45) is 0 Å². The lowest BCUT2D eigenvalue weighted by Gasteiger charge is -2.24. The highest BCUT2D eigenvalue weighted by molar-refractivity contribution is 6.07. The number of hydrogen-bond acceptors (Lipinski definition) is 3. The number of hydrogen-bond donors (Lipinski definition) is 0. The van der Waals surface area contributed by atoms with Crippen molar-refractivity contribution >= 4 is 11.9 Å². The molecule has 4 heteroatoms. The lowest BCUT2D eigenvalue weighted by atomic mass is 10.2. The summed E-state index contributed by atoms with van der Waals surface area (Å²) in [5.74, 6) is 0. The SMILES string of the molecule is CC(C)(C)OCl.CC(C)(C)OOC(C)(C)C. The highest BCUT2D eigenvalue weighted by Gasteiger charge is 2.18. The molecule has 0 rings (SSSR count). The fourth-order valence-corrected chi connectivity index (χ4v) is 0.250. The van der Waals surface area contributed by atoms with Gasteiger partial charge in [-0.2, -0.15) is 0 Å². The Labute approximate surface area is 106 Å². The van der Waals surface area contributed by atoms with Crippen LogP contribution in [-0.2, 0) is 14.1 Å². The molecule has 0 N–H and O–H groups in total. The topological polar surface area (TPSA) is 27.7 Å². The van der Waals surface area contributed by atoms with Crippen molar-refractivity contribution in [3.63, 3.8) is 0 Å². The normalized spacial score (nSPS) is 13.1. The lowest BCUT2D eigenvalue weighted by Crippen LogP contribution is -2.27.